The second kappa shape index (κ2) is 9.41. The lowest BCUT2D eigenvalue weighted by Gasteiger charge is -2.18. The van der Waals surface area contributed by atoms with Crippen molar-refractivity contribution < 1.29 is 4.74 Å². The standard InChI is InChI=1S/C27H33N5O2S/c1-9-31(10-2)21-14-13-20(35-21)28-23-24(27(5,6)7)30-32-25(23)29-22(17(4)26(32)33)18-15-16(3)11-12-19(18)34-8/h11-15H,9-10H2,1-8H3. The summed E-state index contributed by atoms with van der Waals surface area (Å²) in [5, 5.41) is 6.75. The van der Waals surface area contributed by atoms with Crippen LogP contribution in [-0.2, 0) is 0 Å². The first kappa shape index (κ1) is 24.9. The van der Waals surface area contributed by atoms with Gasteiger partial charge in [0.05, 0.1) is 23.5 Å². The number of aliphatic imine (C=N–C) groups is 1. The zero-order valence-corrected chi connectivity index (χ0v) is 22.6. The van der Waals surface area contributed by atoms with Gasteiger partial charge in [-0.3, -0.25) is 4.79 Å². The third-order valence-electron chi connectivity index (χ3n) is 6.12. The van der Waals surface area contributed by atoms with Gasteiger partial charge in [0.2, 0.25) is 0 Å². The zero-order valence-electron chi connectivity index (χ0n) is 21.8. The van der Waals surface area contributed by atoms with Crippen LogP contribution in [-0.4, -0.2) is 41.3 Å². The maximum Gasteiger partial charge on any atom is 0.278 e. The van der Waals surface area contributed by atoms with Gasteiger partial charge in [0, 0.05) is 29.6 Å². The lowest BCUT2D eigenvalue weighted by Crippen LogP contribution is -2.28. The van der Waals surface area contributed by atoms with Crippen molar-refractivity contribution in [1.29, 1.82) is 0 Å². The van der Waals surface area contributed by atoms with Gasteiger partial charge < -0.3 is 9.64 Å². The molecule has 0 amide bonds. The number of benzene rings is 1. The lowest BCUT2D eigenvalue weighted by molar-refractivity contribution is 0.416. The number of anilines is 1. The monoisotopic (exact) mass is 491 g/mol. The van der Waals surface area contributed by atoms with Crippen LogP contribution >= 0.6 is 11.3 Å². The normalized spacial score (nSPS) is 14.3. The average Bonchev–Trinajstić information content (AvgIpc) is 3.42. The molecule has 1 aromatic carbocycles. The molecule has 184 valence electrons. The topological polar surface area (TPSA) is 72.1 Å². The van der Waals surface area contributed by atoms with Crippen molar-refractivity contribution in [2.45, 2.75) is 48.5 Å². The highest BCUT2D eigenvalue weighted by molar-refractivity contribution is 7.19. The van der Waals surface area contributed by atoms with Gasteiger partial charge in [-0.1, -0.05) is 43.7 Å². The molecular weight excluding hydrogens is 458 g/mol. The first-order chi connectivity index (χ1) is 16.6. The third-order valence-corrected chi connectivity index (χ3v) is 7.16. The number of ether oxygens (including phenoxy) is 1. The maximum absolute atomic E-state index is 13.5. The highest BCUT2D eigenvalue weighted by Crippen LogP contribution is 2.36. The van der Waals surface area contributed by atoms with Crippen LogP contribution in [0.5, 0.6) is 5.75 Å². The molecule has 1 aliphatic heterocycles. The first-order valence-corrected chi connectivity index (χ1v) is 12.7. The molecular formula is C27H33N5O2S. The van der Waals surface area contributed by atoms with Gasteiger partial charge in [-0.2, -0.15) is 9.78 Å². The van der Waals surface area contributed by atoms with E-state index in [1.165, 1.54) is 9.68 Å². The summed E-state index contributed by atoms with van der Waals surface area (Å²) in [4.78, 5) is 25.8. The molecule has 7 nitrogen and oxygen atoms in total. The molecule has 4 rings (SSSR count). The number of hydrogen-bond acceptors (Lipinski definition) is 7. The van der Waals surface area contributed by atoms with E-state index in [0.717, 1.165) is 34.9 Å². The fourth-order valence-corrected chi connectivity index (χ4v) is 5.17. The van der Waals surface area contributed by atoms with Crippen LogP contribution in [0.15, 0.2) is 45.2 Å². The van der Waals surface area contributed by atoms with Gasteiger partial charge in [-0.25, -0.2) is 9.98 Å². The van der Waals surface area contributed by atoms with Crippen molar-refractivity contribution in [3.63, 3.8) is 0 Å². The van der Waals surface area contributed by atoms with E-state index in [1.54, 1.807) is 25.4 Å². The Balaban J connectivity index is 1.94. The Morgan fingerprint density at radius 1 is 1.11 bits per heavy atom. The molecule has 0 unspecified atom stereocenters. The summed E-state index contributed by atoms with van der Waals surface area (Å²) in [6.45, 7) is 16.2. The number of nitrogens with zero attached hydrogens (tertiary/aromatic N) is 5. The number of aryl methyl sites for hydroxylation is 1. The van der Waals surface area contributed by atoms with Crippen LogP contribution in [0.2, 0.25) is 0 Å². The molecule has 8 heteroatoms. The predicted molar refractivity (Wildman–Crippen MR) is 146 cm³/mol. The minimum Gasteiger partial charge on any atom is -0.496 e. The minimum atomic E-state index is -0.326. The summed E-state index contributed by atoms with van der Waals surface area (Å²) in [6, 6.07) is 10.0. The number of hydrogen-bond donors (Lipinski definition) is 0. The van der Waals surface area contributed by atoms with E-state index >= 15 is 0 Å². The number of aromatic nitrogens is 2. The Labute approximate surface area is 210 Å². The SMILES string of the molecule is CCN(CC)c1ccc(N=C2C(C(C)(C)C)=Nn3c2nc(-c2cc(C)ccc2OC)c(C)c3=O)s1. The molecule has 3 heterocycles. The molecule has 35 heavy (non-hydrogen) atoms. The molecule has 0 aliphatic carbocycles. The van der Waals surface area contributed by atoms with Crippen LogP contribution in [0.4, 0.5) is 10.0 Å². The van der Waals surface area contributed by atoms with Crippen LogP contribution in [0, 0.1) is 19.3 Å². The number of methoxy groups -OCH3 is 1. The predicted octanol–water partition coefficient (Wildman–Crippen LogP) is 5.83. The van der Waals surface area contributed by atoms with Crippen LogP contribution < -0.4 is 15.2 Å². The van der Waals surface area contributed by atoms with E-state index in [4.69, 9.17) is 19.8 Å². The molecule has 0 atom stereocenters. The summed E-state index contributed by atoms with van der Waals surface area (Å²) in [5.41, 5.74) is 3.82. The molecule has 0 fully saturated rings. The van der Waals surface area contributed by atoms with Gasteiger partial charge in [-0.15, -0.1) is 0 Å². The molecule has 0 spiro atoms. The summed E-state index contributed by atoms with van der Waals surface area (Å²) in [5.74, 6) is 1.13. The summed E-state index contributed by atoms with van der Waals surface area (Å²) in [7, 11) is 1.63. The Morgan fingerprint density at radius 2 is 1.83 bits per heavy atom. The molecule has 3 aromatic rings. The van der Waals surface area contributed by atoms with E-state index in [-0.39, 0.29) is 11.0 Å². The van der Waals surface area contributed by atoms with Crippen molar-refractivity contribution in [1.82, 2.24) is 9.66 Å². The Hall–Kier alpha value is -3.26. The van der Waals surface area contributed by atoms with Crippen LogP contribution in [0.25, 0.3) is 11.3 Å². The van der Waals surface area contributed by atoms with Crippen molar-refractivity contribution >= 4 is 32.8 Å². The molecule has 1 aliphatic rings. The highest BCUT2D eigenvalue weighted by Gasteiger charge is 2.35. The van der Waals surface area contributed by atoms with E-state index in [2.05, 4.69) is 45.6 Å². The Bertz CT molecular complexity index is 1390. The molecule has 0 saturated carbocycles. The third kappa shape index (κ3) is 4.55. The second-order valence-corrected chi connectivity index (χ2v) is 10.7. The van der Waals surface area contributed by atoms with Crippen LogP contribution in [0.3, 0.4) is 0 Å². The van der Waals surface area contributed by atoms with E-state index in [0.29, 0.717) is 28.5 Å². The van der Waals surface area contributed by atoms with E-state index < -0.39 is 0 Å². The van der Waals surface area contributed by atoms with Crippen molar-refractivity contribution in [2.24, 2.45) is 15.5 Å². The zero-order chi connectivity index (χ0) is 25.5. The summed E-state index contributed by atoms with van der Waals surface area (Å²) < 4.78 is 7.00. The second-order valence-electron chi connectivity index (χ2n) is 9.67. The maximum atomic E-state index is 13.5. The lowest BCUT2D eigenvalue weighted by atomic mass is 9.87. The largest absolute Gasteiger partial charge is 0.496 e. The Kier molecular flexibility index (Phi) is 6.68. The van der Waals surface area contributed by atoms with Gasteiger partial charge in [0.1, 0.15) is 16.5 Å². The first-order valence-electron chi connectivity index (χ1n) is 11.9. The molecule has 0 N–H and O–H groups in total. The number of fused-ring (bicyclic) bond motifs is 1. The minimum absolute atomic E-state index is 0.199. The summed E-state index contributed by atoms with van der Waals surface area (Å²) in [6.07, 6.45) is 0. The molecule has 0 saturated heterocycles. The van der Waals surface area contributed by atoms with E-state index in [9.17, 15) is 4.79 Å². The number of rotatable bonds is 6. The quantitative estimate of drug-likeness (QED) is 0.435. The fraction of sp³-hybridized carbons (Fsp3) is 0.407. The van der Waals surface area contributed by atoms with Gasteiger partial charge in [-0.05, 0) is 52.0 Å². The molecule has 0 bridgehead atoms. The van der Waals surface area contributed by atoms with Gasteiger partial charge in [0.25, 0.3) is 5.56 Å². The Morgan fingerprint density at radius 3 is 2.46 bits per heavy atom. The van der Waals surface area contributed by atoms with Crippen molar-refractivity contribution in [3.05, 3.63) is 57.6 Å². The summed E-state index contributed by atoms with van der Waals surface area (Å²) >= 11 is 1.63. The highest BCUT2D eigenvalue weighted by atomic mass is 32.1. The molecule has 2 aromatic heterocycles. The van der Waals surface area contributed by atoms with Gasteiger partial charge >= 0.3 is 0 Å². The van der Waals surface area contributed by atoms with Gasteiger partial charge in [0.15, 0.2) is 5.82 Å². The van der Waals surface area contributed by atoms with Crippen molar-refractivity contribution in [3.8, 4) is 17.0 Å². The average molecular weight is 492 g/mol. The van der Waals surface area contributed by atoms with E-state index in [1.807, 2.05) is 31.2 Å². The molecule has 0 radical (unpaired) electrons. The number of thiophene rings is 1. The fourth-order valence-electron chi connectivity index (χ4n) is 4.16. The smallest absolute Gasteiger partial charge is 0.278 e. The van der Waals surface area contributed by atoms with Crippen molar-refractivity contribution in [2.75, 3.05) is 25.1 Å². The van der Waals surface area contributed by atoms with Crippen LogP contribution in [0.1, 0.15) is 51.6 Å².